The monoisotopic (exact) mass is 609 g/mol. The van der Waals surface area contributed by atoms with E-state index in [0.717, 1.165) is 5.52 Å². The Balaban J connectivity index is 1.13. The maximum Gasteiger partial charge on any atom is 0.0724 e. The molecule has 3 heterocycles. The molecule has 3 aromatic heterocycles. The van der Waals surface area contributed by atoms with Crippen molar-refractivity contribution in [1.82, 2.24) is 14.1 Å². The molecule has 0 amide bonds. The number of para-hydroxylation sites is 2. The molecule has 11 rings (SSSR count). The van der Waals surface area contributed by atoms with Gasteiger partial charge in [-0.2, -0.15) is 0 Å². The summed E-state index contributed by atoms with van der Waals surface area (Å²) in [5.41, 5.74) is 14.7. The summed E-state index contributed by atoms with van der Waals surface area (Å²) in [5.74, 6) is 0. The second-order valence-corrected chi connectivity index (χ2v) is 12.8. The van der Waals surface area contributed by atoms with Crippen molar-refractivity contribution in [1.29, 1.82) is 0 Å². The van der Waals surface area contributed by atoms with Gasteiger partial charge in [0.15, 0.2) is 0 Å². The molecule has 0 saturated carbocycles. The summed E-state index contributed by atoms with van der Waals surface area (Å²) in [6.07, 6.45) is 3.92. The standard InChI is InChI=1S/C45H27N3/c1-2-9-30(10-3-1)47-40-16-7-6-13-33(40)38-25-28(17-20-42(38)47)29-18-21-43-39(26-29)34-23-24-46-27-44(34)48(43)41-22-19-36-32-12-5-4-11-31(32)35-14-8-15-37(41)45(35)36/h1-27H. The van der Waals surface area contributed by atoms with Crippen LogP contribution in [0.3, 0.4) is 0 Å². The number of rotatable bonds is 3. The fraction of sp³-hybridized carbons (Fsp3) is 0. The van der Waals surface area contributed by atoms with Crippen LogP contribution in [0.2, 0.25) is 0 Å². The summed E-state index contributed by atoms with van der Waals surface area (Å²) < 4.78 is 4.78. The minimum Gasteiger partial charge on any atom is -0.309 e. The Morgan fingerprint density at radius 3 is 1.77 bits per heavy atom. The van der Waals surface area contributed by atoms with Crippen molar-refractivity contribution in [3.8, 4) is 44.8 Å². The quantitative estimate of drug-likeness (QED) is 0.195. The first kappa shape index (κ1) is 25.7. The summed E-state index contributed by atoms with van der Waals surface area (Å²) in [5, 5.41) is 7.53. The van der Waals surface area contributed by atoms with Gasteiger partial charge in [-0.15, -0.1) is 0 Å². The SMILES string of the molecule is c1ccc(-n2c3ccccc3c3cc(-c4ccc5c(c4)c4ccncc4n5-c4ccc5c6c(cccc46)-c4ccccc4-5)ccc32)cc1. The van der Waals surface area contributed by atoms with E-state index in [9.17, 15) is 0 Å². The number of pyridine rings is 1. The van der Waals surface area contributed by atoms with E-state index < -0.39 is 0 Å². The van der Waals surface area contributed by atoms with Gasteiger partial charge in [0.05, 0.1) is 34.0 Å². The zero-order valence-electron chi connectivity index (χ0n) is 25.9. The van der Waals surface area contributed by atoms with Crippen LogP contribution in [0, 0.1) is 0 Å². The summed E-state index contributed by atoms with van der Waals surface area (Å²) >= 11 is 0. The fourth-order valence-electron chi connectivity index (χ4n) is 8.30. The van der Waals surface area contributed by atoms with Crippen LogP contribution in [-0.2, 0) is 0 Å². The van der Waals surface area contributed by atoms with Gasteiger partial charge in [-0.3, -0.25) is 4.98 Å². The molecule has 0 saturated heterocycles. The molecule has 7 aromatic carbocycles. The molecule has 0 spiro atoms. The third-order valence-corrected chi connectivity index (χ3v) is 10.4. The van der Waals surface area contributed by atoms with Gasteiger partial charge >= 0.3 is 0 Å². The van der Waals surface area contributed by atoms with E-state index in [-0.39, 0.29) is 0 Å². The third kappa shape index (κ3) is 3.40. The van der Waals surface area contributed by atoms with Crippen LogP contribution in [0.25, 0.3) is 99.1 Å². The first-order valence-corrected chi connectivity index (χ1v) is 16.5. The van der Waals surface area contributed by atoms with E-state index in [1.54, 1.807) is 0 Å². The van der Waals surface area contributed by atoms with E-state index in [2.05, 4.69) is 166 Å². The smallest absolute Gasteiger partial charge is 0.0724 e. The van der Waals surface area contributed by atoms with E-state index in [1.165, 1.54) is 93.6 Å². The fourth-order valence-corrected chi connectivity index (χ4v) is 8.30. The predicted molar refractivity (Wildman–Crippen MR) is 200 cm³/mol. The molecule has 222 valence electrons. The third-order valence-electron chi connectivity index (χ3n) is 10.4. The van der Waals surface area contributed by atoms with Crippen LogP contribution < -0.4 is 0 Å². The van der Waals surface area contributed by atoms with Crippen molar-refractivity contribution in [2.24, 2.45) is 0 Å². The first-order chi connectivity index (χ1) is 23.8. The first-order valence-electron chi connectivity index (χ1n) is 16.5. The molecular weight excluding hydrogens is 583 g/mol. The minimum atomic E-state index is 1.11. The molecule has 48 heavy (non-hydrogen) atoms. The van der Waals surface area contributed by atoms with Gasteiger partial charge in [-0.25, -0.2) is 0 Å². The lowest BCUT2D eigenvalue weighted by Gasteiger charge is -2.13. The second kappa shape index (κ2) is 9.54. The average molecular weight is 610 g/mol. The van der Waals surface area contributed by atoms with Gasteiger partial charge in [0.1, 0.15) is 0 Å². The molecule has 3 nitrogen and oxygen atoms in total. The van der Waals surface area contributed by atoms with E-state index in [4.69, 9.17) is 0 Å². The van der Waals surface area contributed by atoms with Crippen molar-refractivity contribution in [3.05, 3.63) is 164 Å². The van der Waals surface area contributed by atoms with Crippen LogP contribution in [0.15, 0.2) is 164 Å². The highest BCUT2D eigenvalue weighted by Gasteiger charge is 2.24. The van der Waals surface area contributed by atoms with Crippen LogP contribution in [0.5, 0.6) is 0 Å². The highest BCUT2D eigenvalue weighted by molar-refractivity contribution is 6.19. The maximum absolute atomic E-state index is 4.60. The molecule has 1 aliphatic rings. The van der Waals surface area contributed by atoms with Crippen molar-refractivity contribution in [2.45, 2.75) is 0 Å². The minimum absolute atomic E-state index is 1.11. The molecule has 0 N–H and O–H groups in total. The van der Waals surface area contributed by atoms with E-state index in [0.29, 0.717) is 0 Å². The van der Waals surface area contributed by atoms with Crippen molar-refractivity contribution in [2.75, 3.05) is 0 Å². The highest BCUT2D eigenvalue weighted by Crippen LogP contribution is 2.49. The van der Waals surface area contributed by atoms with Crippen molar-refractivity contribution in [3.63, 3.8) is 0 Å². The molecule has 3 heteroatoms. The van der Waals surface area contributed by atoms with Crippen LogP contribution >= 0.6 is 0 Å². The Labute approximate surface area is 276 Å². The number of hydrogen-bond donors (Lipinski definition) is 0. The van der Waals surface area contributed by atoms with Crippen molar-refractivity contribution >= 4 is 54.4 Å². The Bertz CT molecular complexity index is 2910. The van der Waals surface area contributed by atoms with Crippen molar-refractivity contribution < 1.29 is 0 Å². The Morgan fingerprint density at radius 2 is 0.979 bits per heavy atom. The Kier molecular flexibility index (Phi) is 5.11. The molecular formula is C45H27N3. The molecule has 1 aliphatic carbocycles. The van der Waals surface area contributed by atoms with Gasteiger partial charge in [0, 0.05) is 38.8 Å². The average Bonchev–Trinajstić information content (AvgIpc) is 3.78. The topological polar surface area (TPSA) is 22.8 Å². The Hall–Kier alpha value is -6.45. The molecule has 0 unspecified atom stereocenters. The molecule has 0 atom stereocenters. The number of hydrogen-bond acceptors (Lipinski definition) is 1. The van der Waals surface area contributed by atoms with Crippen LogP contribution in [-0.4, -0.2) is 14.1 Å². The molecule has 10 aromatic rings. The Morgan fingerprint density at radius 1 is 0.375 bits per heavy atom. The maximum atomic E-state index is 4.60. The van der Waals surface area contributed by atoms with E-state index >= 15 is 0 Å². The van der Waals surface area contributed by atoms with Gasteiger partial charge in [-0.05, 0) is 93.4 Å². The lowest BCUT2D eigenvalue weighted by atomic mass is 10.0. The summed E-state index contributed by atoms with van der Waals surface area (Å²) in [4.78, 5) is 4.60. The van der Waals surface area contributed by atoms with Gasteiger partial charge < -0.3 is 9.13 Å². The zero-order valence-corrected chi connectivity index (χ0v) is 25.9. The zero-order chi connectivity index (χ0) is 31.3. The molecule has 0 aliphatic heterocycles. The van der Waals surface area contributed by atoms with Gasteiger partial charge in [-0.1, -0.05) is 97.1 Å². The normalized spacial score (nSPS) is 12.2. The largest absolute Gasteiger partial charge is 0.309 e. The van der Waals surface area contributed by atoms with Gasteiger partial charge in [0.25, 0.3) is 0 Å². The molecule has 0 radical (unpaired) electrons. The molecule has 0 bridgehead atoms. The summed E-state index contributed by atoms with van der Waals surface area (Å²) in [6, 6.07) is 55.4. The lowest BCUT2D eigenvalue weighted by molar-refractivity contribution is 1.18. The van der Waals surface area contributed by atoms with Crippen LogP contribution in [0.1, 0.15) is 0 Å². The number of fused-ring (bicyclic) bond motifs is 9. The number of benzene rings is 7. The van der Waals surface area contributed by atoms with Crippen LogP contribution in [0.4, 0.5) is 0 Å². The summed E-state index contributed by atoms with van der Waals surface area (Å²) in [6.45, 7) is 0. The highest BCUT2D eigenvalue weighted by atomic mass is 15.0. The lowest BCUT2D eigenvalue weighted by Crippen LogP contribution is -1.96. The predicted octanol–water partition coefficient (Wildman–Crippen LogP) is 11.7. The van der Waals surface area contributed by atoms with E-state index in [1.807, 2.05) is 12.4 Å². The summed E-state index contributed by atoms with van der Waals surface area (Å²) in [7, 11) is 0. The number of aromatic nitrogens is 3. The second-order valence-electron chi connectivity index (χ2n) is 12.8. The number of nitrogens with zero attached hydrogens (tertiary/aromatic N) is 3. The van der Waals surface area contributed by atoms with Gasteiger partial charge in [0.2, 0.25) is 0 Å². The molecule has 0 fully saturated rings.